The number of unbranched alkanes of at least 4 members (excludes halogenated alkanes) is 1. The lowest BCUT2D eigenvalue weighted by Gasteiger charge is -2.19. The first-order valence-corrected chi connectivity index (χ1v) is 25.6. The number of rotatable bonds is 44. The average molecular weight is 1140 g/mol. The zero-order valence-electron chi connectivity index (χ0n) is 44.7. The molecular formula is C49H76N10O21. The molecule has 6 unspecified atom stereocenters. The van der Waals surface area contributed by atoms with Crippen LogP contribution in [0.15, 0.2) is 24.3 Å². The number of nitrogens with one attached hydrogen (secondary N) is 8. The SMILES string of the molecule is CC(CCNC(=O)C(=O)O)CC(C)CC(=O)NC(CCC(=O)NCCOCCOCC(=O)NC(CCC(=O)NC(CCC(=O)NOCCOCC(=O)NC(CCCCNC(=O)c1ccc(N)cc1)C(N)=O)C(=O)O)C(=O)O)C(=O)O. The van der Waals surface area contributed by atoms with Crippen LogP contribution in [0.2, 0.25) is 0 Å². The Balaban J connectivity index is 2.25. The lowest BCUT2D eigenvalue weighted by Crippen LogP contribution is -2.45. The summed E-state index contributed by atoms with van der Waals surface area (Å²) in [5.41, 5.74) is 14.0. The molecule has 31 heteroatoms. The zero-order chi connectivity index (χ0) is 60.0. The topological polar surface area (TPSA) is 488 Å². The minimum atomic E-state index is -1.59. The molecule has 0 heterocycles. The van der Waals surface area contributed by atoms with Gasteiger partial charge in [0.1, 0.15) is 37.4 Å². The fourth-order valence-corrected chi connectivity index (χ4v) is 7.18. The van der Waals surface area contributed by atoms with Gasteiger partial charge >= 0.3 is 29.8 Å². The van der Waals surface area contributed by atoms with Crippen LogP contribution in [0.3, 0.4) is 0 Å². The van der Waals surface area contributed by atoms with Gasteiger partial charge < -0.3 is 83.3 Å². The molecule has 1 aromatic carbocycles. The lowest BCUT2D eigenvalue weighted by atomic mass is 9.92. The van der Waals surface area contributed by atoms with Crippen molar-refractivity contribution in [1.29, 1.82) is 0 Å². The number of carboxylic acid groups (broad SMARTS) is 4. The van der Waals surface area contributed by atoms with Crippen LogP contribution in [0.4, 0.5) is 5.69 Å². The molecule has 0 bridgehead atoms. The maximum atomic E-state index is 12.5. The van der Waals surface area contributed by atoms with Gasteiger partial charge in [0.25, 0.3) is 5.91 Å². The van der Waals surface area contributed by atoms with Crippen molar-refractivity contribution in [2.24, 2.45) is 17.6 Å². The molecule has 0 aromatic heterocycles. The summed E-state index contributed by atoms with van der Waals surface area (Å²) in [6.07, 6.45) is -0.0419. The maximum Gasteiger partial charge on any atom is 0.394 e. The Morgan fingerprint density at radius 2 is 1.01 bits per heavy atom. The second kappa shape index (κ2) is 40.2. The van der Waals surface area contributed by atoms with Crippen LogP contribution in [0, 0.1) is 11.8 Å². The summed E-state index contributed by atoms with van der Waals surface area (Å²) in [5.74, 6) is -12.4. The van der Waals surface area contributed by atoms with Crippen LogP contribution in [-0.4, -0.2) is 188 Å². The van der Waals surface area contributed by atoms with E-state index >= 15 is 0 Å². The van der Waals surface area contributed by atoms with E-state index in [4.69, 9.17) is 35.6 Å². The third-order valence-corrected chi connectivity index (χ3v) is 11.3. The first kappa shape index (κ1) is 70.0. The number of nitrogens with two attached hydrogens (primary N) is 2. The summed E-state index contributed by atoms with van der Waals surface area (Å²) in [6, 6.07) is 0.933. The Morgan fingerprint density at radius 1 is 0.500 bits per heavy atom. The van der Waals surface area contributed by atoms with Gasteiger partial charge in [-0.05, 0) is 87.5 Å². The van der Waals surface area contributed by atoms with Crippen LogP contribution in [0.1, 0.15) is 101 Å². The number of ether oxygens (including phenoxy) is 3. The predicted molar refractivity (Wildman–Crippen MR) is 277 cm³/mol. The van der Waals surface area contributed by atoms with Gasteiger partial charge in [-0.3, -0.25) is 48.0 Å². The van der Waals surface area contributed by atoms with Crippen molar-refractivity contribution in [3.63, 3.8) is 0 Å². The highest BCUT2D eigenvalue weighted by Gasteiger charge is 2.26. The molecule has 0 radical (unpaired) electrons. The number of nitrogen functional groups attached to an aromatic ring is 1. The quantitative estimate of drug-likeness (QED) is 0.0134. The van der Waals surface area contributed by atoms with E-state index in [1.165, 1.54) is 0 Å². The average Bonchev–Trinajstić information content (AvgIpc) is 3.38. The monoisotopic (exact) mass is 1140 g/mol. The smallest absolute Gasteiger partial charge is 0.394 e. The number of carbonyl (C=O) groups excluding carboxylic acids is 9. The fraction of sp³-hybridized carbons (Fsp3) is 0.612. The number of carbonyl (C=O) groups is 13. The van der Waals surface area contributed by atoms with E-state index in [1.807, 2.05) is 6.92 Å². The number of hydrogen-bond donors (Lipinski definition) is 14. The molecular weight excluding hydrogens is 1060 g/mol. The minimum Gasteiger partial charge on any atom is -0.480 e. The summed E-state index contributed by atoms with van der Waals surface area (Å²) >= 11 is 0. The Kier molecular flexibility index (Phi) is 35.2. The van der Waals surface area contributed by atoms with Crippen LogP contribution < -0.4 is 54.2 Å². The van der Waals surface area contributed by atoms with E-state index in [2.05, 4.69) is 42.7 Å². The molecule has 0 spiro atoms. The Labute approximate surface area is 460 Å². The van der Waals surface area contributed by atoms with E-state index < -0.39 is 134 Å². The van der Waals surface area contributed by atoms with Gasteiger partial charge in [0.05, 0.1) is 33.0 Å². The highest BCUT2D eigenvalue weighted by atomic mass is 16.7. The lowest BCUT2D eigenvalue weighted by molar-refractivity contribution is -0.150. The summed E-state index contributed by atoms with van der Waals surface area (Å²) < 4.78 is 15.7. The second-order valence-corrected chi connectivity index (χ2v) is 18.3. The number of amides is 9. The van der Waals surface area contributed by atoms with Gasteiger partial charge in [-0.1, -0.05) is 13.8 Å². The molecule has 80 heavy (non-hydrogen) atoms. The summed E-state index contributed by atoms with van der Waals surface area (Å²) in [6.45, 7) is 2.48. The summed E-state index contributed by atoms with van der Waals surface area (Å²) in [5, 5.41) is 54.1. The van der Waals surface area contributed by atoms with E-state index in [-0.39, 0.29) is 89.6 Å². The van der Waals surface area contributed by atoms with Gasteiger partial charge in [-0.2, -0.15) is 0 Å². The molecule has 9 amide bonds. The van der Waals surface area contributed by atoms with Gasteiger partial charge in [0, 0.05) is 56.6 Å². The highest BCUT2D eigenvalue weighted by Crippen LogP contribution is 2.18. The molecule has 448 valence electrons. The van der Waals surface area contributed by atoms with Crippen molar-refractivity contribution in [1.82, 2.24) is 42.7 Å². The largest absolute Gasteiger partial charge is 0.480 e. The van der Waals surface area contributed by atoms with Crippen molar-refractivity contribution < 1.29 is 102 Å². The van der Waals surface area contributed by atoms with Gasteiger partial charge in [-0.15, -0.1) is 0 Å². The van der Waals surface area contributed by atoms with Crippen LogP contribution in [0.5, 0.6) is 0 Å². The van der Waals surface area contributed by atoms with E-state index in [0.717, 1.165) is 0 Å². The molecule has 0 aliphatic heterocycles. The molecule has 1 rings (SSSR count). The third kappa shape index (κ3) is 34.0. The molecule has 16 N–H and O–H groups in total. The van der Waals surface area contributed by atoms with Crippen molar-refractivity contribution in [2.45, 2.75) is 115 Å². The minimum absolute atomic E-state index is 0.00278. The summed E-state index contributed by atoms with van der Waals surface area (Å²) in [4.78, 5) is 160. The first-order valence-electron chi connectivity index (χ1n) is 25.6. The fourth-order valence-electron chi connectivity index (χ4n) is 7.18. The first-order chi connectivity index (χ1) is 37.9. The number of hydroxylamine groups is 1. The Bertz CT molecular complexity index is 2220. The van der Waals surface area contributed by atoms with E-state index in [0.29, 0.717) is 43.5 Å². The molecule has 1 aromatic rings. The molecule has 0 aliphatic rings. The molecule has 0 fully saturated rings. The molecule has 31 nitrogen and oxygen atoms in total. The van der Waals surface area contributed by atoms with E-state index in [9.17, 15) is 77.6 Å². The predicted octanol–water partition coefficient (Wildman–Crippen LogP) is -2.96. The summed E-state index contributed by atoms with van der Waals surface area (Å²) in [7, 11) is 0. The van der Waals surface area contributed by atoms with Crippen LogP contribution in [0.25, 0.3) is 0 Å². The standard InChI is InChI=1S/C49H76N10O21/c1-29(16-18-54-45(68)49(75)76)25-30(2)26-40(63)57-35(47(71)72)10-13-37(60)52-19-20-77-21-22-78-28-42(65)58-36(48(73)74)11-14-38(61)56-34(46(69)70)12-15-39(62)59-80-24-23-79-27-41(64)55-33(43(51)66)5-3-4-17-53-44(67)31-6-8-32(50)9-7-31/h6-9,29-30,33-36H,3-5,10-28,50H2,1-2H3,(H2,51,66)(H,52,60)(H,53,67)(H,54,68)(H,55,64)(H,56,61)(H,57,63)(H,58,65)(H,59,62)(H,69,70)(H,71,72)(H,73,74)(H,75,76). The Morgan fingerprint density at radius 3 is 1.57 bits per heavy atom. The molecule has 6 atom stereocenters. The number of anilines is 1. The van der Waals surface area contributed by atoms with Crippen molar-refractivity contribution in [2.75, 3.05) is 71.6 Å². The zero-order valence-corrected chi connectivity index (χ0v) is 44.7. The van der Waals surface area contributed by atoms with Crippen LogP contribution >= 0.6 is 0 Å². The van der Waals surface area contributed by atoms with Crippen molar-refractivity contribution >= 4 is 82.7 Å². The maximum absolute atomic E-state index is 12.5. The molecule has 0 saturated carbocycles. The van der Waals surface area contributed by atoms with Crippen LogP contribution in [-0.2, 0) is 76.6 Å². The van der Waals surface area contributed by atoms with E-state index in [1.54, 1.807) is 31.2 Å². The number of benzene rings is 1. The van der Waals surface area contributed by atoms with Gasteiger partial charge in [-0.25, -0.2) is 24.7 Å². The normalized spacial score (nSPS) is 13.1. The van der Waals surface area contributed by atoms with Crippen molar-refractivity contribution in [3.8, 4) is 0 Å². The van der Waals surface area contributed by atoms with Gasteiger partial charge in [0.2, 0.25) is 41.4 Å². The number of carboxylic acids is 4. The second-order valence-electron chi connectivity index (χ2n) is 18.3. The van der Waals surface area contributed by atoms with Gasteiger partial charge in [0.15, 0.2) is 0 Å². The number of primary amides is 1. The van der Waals surface area contributed by atoms with Crippen molar-refractivity contribution in [3.05, 3.63) is 29.8 Å². The number of aliphatic carboxylic acids is 4. The molecule has 0 saturated heterocycles. The third-order valence-electron chi connectivity index (χ3n) is 11.3. The Hall–Kier alpha value is -8.03. The number of hydrogen-bond acceptors (Lipinski definition) is 18. The molecule has 0 aliphatic carbocycles. The highest BCUT2D eigenvalue weighted by molar-refractivity contribution is 6.31.